The highest BCUT2D eigenvalue weighted by molar-refractivity contribution is 5.96. The van der Waals surface area contributed by atoms with Crippen LogP contribution in [0.4, 0.5) is 0 Å². The van der Waals surface area contributed by atoms with E-state index < -0.39 is 0 Å². The van der Waals surface area contributed by atoms with Gasteiger partial charge in [-0.3, -0.25) is 9.59 Å². The van der Waals surface area contributed by atoms with Crippen molar-refractivity contribution in [3.05, 3.63) is 89.5 Å². The minimum atomic E-state index is -0.00724. The first kappa shape index (κ1) is 20.7. The molecule has 31 heavy (non-hydrogen) atoms. The molecule has 0 bridgehead atoms. The summed E-state index contributed by atoms with van der Waals surface area (Å²) in [5.41, 5.74) is 4.44. The number of piperazine rings is 1. The molecule has 5 heteroatoms. The average molecular weight is 415 g/mol. The predicted molar refractivity (Wildman–Crippen MR) is 121 cm³/mol. The maximum absolute atomic E-state index is 13.1. The summed E-state index contributed by atoms with van der Waals surface area (Å²) in [6, 6.07) is 23.1. The molecule has 1 aliphatic rings. The Morgan fingerprint density at radius 3 is 1.87 bits per heavy atom. The lowest BCUT2D eigenvalue weighted by Crippen LogP contribution is -2.50. The van der Waals surface area contributed by atoms with E-state index >= 15 is 0 Å². The number of ether oxygens (including phenoxy) is 1. The molecule has 0 unspecified atom stereocenters. The fourth-order valence-electron chi connectivity index (χ4n) is 3.81. The van der Waals surface area contributed by atoms with E-state index in [9.17, 15) is 9.59 Å². The monoisotopic (exact) mass is 414 g/mol. The van der Waals surface area contributed by atoms with E-state index in [0.29, 0.717) is 37.3 Å². The number of benzene rings is 3. The number of hydrogen-bond acceptors (Lipinski definition) is 3. The average Bonchev–Trinajstić information content (AvgIpc) is 2.84. The standard InChI is InChI=1S/C26H26N2O3/c1-19-9-11-20(12-10-19)25(29)27-13-15-28(16-14-27)26(30)23-7-3-5-21(17-23)22-6-4-8-24(18-22)31-2/h3-12,17-18H,13-16H2,1-2H3. The van der Waals surface area contributed by atoms with E-state index in [-0.39, 0.29) is 11.8 Å². The third-order valence-electron chi connectivity index (χ3n) is 5.67. The number of carbonyl (C=O) groups excluding carboxylic acids is 2. The van der Waals surface area contributed by atoms with Crippen LogP contribution in [0.5, 0.6) is 5.75 Å². The summed E-state index contributed by atoms with van der Waals surface area (Å²) in [7, 11) is 1.64. The number of hydrogen-bond donors (Lipinski definition) is 0. The zero-order valence-corrected chi connectivity index (χ0v) is 17.9. The molecule has 5 nitrogen and oxygen atoms in total. The Balaban J connectivity index is 1.43. The summed E-state index contributed by atoms with van der Waals surface area (Å²) in [4.78, 5) is 29.5. The van der Waals surface area contributed by atoms with Crippen LogP contribution in [0.15, 0.2) is 72.8 Å². The second-order valence-corrected chi connectivity index (χ2v) is 7.76. The topological polar surface area (TPSA) is 49.9 Å². The molecule has 2 amide bonds. The second-order valence-electron chi connectivity index (χ2n) is 7.76. The summed E-state index contributed by atoms with van der Waals surface area (Å²) in [5, 5.41) is 0. The van der Waals surface area contributed by atoms with E-state index in [0.717, 1.165) is 22.4 Å². The van der Waals surface area contributed by atoms with Crippen LogP contribution in [0, 0.1) is 6.92 Å². The lowest BCUT2D eigenvalue weighted by Gasteiger charge is -2.35. The van der Waals surface area contributed by atoms with Gasteiger partial charge in [-0.1, -0.05) is 42.0 Å². The Morgan fingerprint density at radius 2 is 1.26 bits per heavy atom. The van der Waals surface area contributed by atoms with Crippen LogP contribution in [-0.2, 0) is 0 Å². The van der Waals surface area contributed by atoms with Gasteiger partial charge in [0.2, 0.25) is 0 Å². The number of methoxy groups -OCH3 is 1. The fraction of sp³-hybridized carbons (Fsp3) is 0.231. The van der Waals surface area contributed by atoms with Crippen molar-refractivity contribution < 1.29 is 14.3 Å². The molecule has 1 aliphatic heterocycles. The zero-order chi connectivity index (χ0) is 21.8. The van der Waals surface area contributed by atoms with Crippen LogP contribution in [0.25, 0.3) is 11.1 Å². The molecule has 0 radical (unpaired) electrons. The molecule has 3 aromatic rings. The largest absolute Gasteiger partial charge is 0.497 e. The highest BCUT2D eigenvalue weighted by Gasteiger charge is 2.25. The van der Waals surface area contributed by atoms with Crippen molar-refractivity contribution in [3.8, 4) is 16.9 Å². The Labute approximate surface area is 182 Å². The van der Waals surface area contributed by atoms with Gasteiger partial charge in [-0.15, -0.1) is 0 Å². The molecule has 0 aliphatic carbocycles. The summed E-state index contributed by atoms with van der Waals surface area (Å²) >= 11 is 0. The lowest BCUT2D eigenvalue weighted by atomic mass is 10.0. The van der Waals surface area contributed by atoms with Crippen molar-refractivity contribution in [2.45, 2.75) is 6.92 Å². The summed E-state index contributed by atoms with van der Waals surface area (Å²) in [6.07, 6.45) is 0. The number of amides is 2. The molecule has 0 N–H and O–H groups in total. The molecule has 0 atom stereocenters. The lowest BCUT2D eigenvalue weighted by molar-refractivity contribution is 0.0535. The van der Waals surface area contributed by atoms with Crippen molar-refractivity contribution in [2.24, 2.45) is 0 Å². The van der Waals surface area contributed by atoms with Crippen LogP contribution in [0.2, 0.25) is 0 Å². The van der Waals surface area contributed by atoms with Gasteiger partial charge in [0.05, 0.1) is 7.11 Å². The molecule has 0 aromatic heterocycles. The first-order valence-corrected chi connectivity index (χ1v) is 10.4. The van der Waals surface area contributed by atoms with Crippen LogP contribution >= 0.6 is 0 Å². The maximum atomic E-state index is 13.1. The van der Waals surface area contributed by atoms with Gasteiger partial charge in [-0.2, -0.15) is 0 Å². The third kappa shape index (κ3) is 4.61. The molecule has 3 aromatic carbocycles. The van der Waals surface area contributed by atoms with E-state index in [1.165, 1.54) is 0 Å². The van der Waals surface area contributed by atoms with Crippen molar-refractivity contribution in [1.82, 2.24) is 9.80 Å². The van der Waals surface area contributed by atoms with E-state index in [4.69, 9.17) is 4.74 Å². The maximum Gasteiger partial charge on any atom is 0.253 e. The Morgan fingerprint density at radius 1 is 0.710 bits per heavy atom. The minimum Gasteiger partial charge on any atom is -0.497 e. The minimum absolute atomic E-state index is 0.00724. The molecule has 158 valence electrons. The number of carbonyl (C=O) groups is 2. The molecular weight excluding hydrogens is 388 g/mol. The molecule has 1 heterocycles. The van der Waals surface area contributed by atoms with Crippen molar-refractivity contribution in [2.75, 3.05) is 33.3 Å². The second kappa shape index (κ2) is 9.04. The van der Waals surface area contributed by atoms with Crippen LogP contribution in [0.3, 0.4) is 0 Å². The molecule has 0 spiro atoms. The van der Waals surface area contributed by atoms with Crippen molar-refractivity contribution in [3.63, 3.8) is 0 Å². The number of rotatable bonds is 4. The van der Waals surface area contributed by atoms with Crippen LogP contribution in [0.1, 0.15) is 26.3 Å². The van der Waals surface area contributed by atoms with Gasteiger partial charge in [0.1, 0.15) is 5.75 Å². The Hall–Kier alpha value is -3.60. The van der Waals surface area contributed by atoms with Crippen molar-refractivity contribution in [1.29, 1.82) is 0 Å². The molecule has 4 rings (SSSR count). The molecule has 1 saturated heterocycles. The van der Waals surface area contributed by atoms with Gasteiger partial charge in [0.25, 0.3) is 11.8 Å². The first-order chi connectivity index (χ1) is 15.0. The zero-order valence-electron chi connectivity index (χ0n) is 17.9. The van der Waals surface area contributed by atoms with Gasteiger partial charge in [0, 0.05) is 37.3 Å². The SMILES string of the molecule is COc1cccc(-c2cccc(C(=O)N3CCN(C(=O)c4ccc(C)cc4)CC3)c2)c1. The van der Waals surface area contributed by atoms with E-state index in [1.807, 2.05) is 89.5 Å². The predicted octanol–water partition coefficient (Wildman–Crippen LogP) is 4.27. The number of aryl methyl sites for hydroxylation is 1. The molecule has 0 saturated carbocycles. The Bertz CT molecular complexity index is 1080. The molecule has 1 fully saturated rings. The highest BCUT2D eigenvalue weighted by atomic mass is 16.5. The van der Waals surface area contributed by atoms with Crippen LogP contribution in [-0.4, -0.2) is 54.9 Å². The van der Waals surface area contributed by atoms with Gasteiger partial charge >= 0.3 is 0 Å². The van der Waals surface area contributed by atoms with Gasteiger partial charge < -0.3 is 14.5 Å². The smallest absolute Gasteiger partial charge is 0.253 e. The van der Waals surface area contributed by atoms with Gasteiger partial charge in [0.15, 0.2) is 0 Å². The van der Waals surface area contributed by atoms with Gasteiger partial charge in [-0.25, -0.2) is 0 Å². The Kier molecular flexibility index (Phi) is 6.03. The van der Waals surface area contributed by atoms with E-state index in [2.05, 4.69) is 0 Å². The number of nitrogens with zero attached hydrogens (tertiary/aromatic N) is 2. The van der Waals surface area contributed by atoms with Crippen molar-refractivity contribution >= 4 is 11.8 Å². The summed E-state index contributed by atoms with van der Waals surface area (Å²) in [6.45, 7) is 4.13. The fourth-order valence-corrected chi connectivity index (χ4v) is 3.81. The van der Waals surface area contributed by atoms with E-state index in [1.54, 1.807) is 7.11 Å². The third-order valence-corrected chi connectivity index (χ3v) is 5.67. The van der Waals surface area contributed by atoms with Gasteiger partial charge in [-0.05, 0) is 54.4 Å². The molecular formula is C26H26N2O3. The summed E-state index contributed by atoms with van der Waals surface area (Å²) in [5.74, 6) is 0.794. The normalized spacial score (nSPS) is 13.7. The highest BCUT2D eigenvalue weighted by Crippen LogP contribution is 2.25. The summed E-state index contributed by atoms with van der Waals surface area (Å²) < 4.78 is 5.31. The quantitative estimate of drug-likeness (QED) is 0.641. The first-order valence-electron chi connectivity index (χ1n) is 10.4. The van der Waals surface area contributed by atoms with Crippen LogP contribution < -0.4 is 4.74 Å².